The summed E-state index contributed by atoms with van der Waals surface area (Å²) in [6, 6.07) is 0. The van der Waals surface area contributed by atoms with E-state index in [0.29, 0.717) is 0 Å². The van der Waals surface area contributed by atoms with Crippen LogP contribution in [0.1, 0.15) is 36.5 Å². The third-order valence-electron chi connectivity index (χ3n) is 2.19. The van der Waals surface area contributed by atoms with Crippen molar-refractivity contribution < 1.29 is 18.3 Å². The van der Waals surface area contributed by atoms with Crippen LogP contribution in [-0.2, 0) is 0 Å². The molecule has 0 radical (unpaired) electrons. The van der Waals surface area contributed by atoms with Gasteiger partial charge in [0.2, 0.25) is 0 Å². The summed E-state index contributed by atoms with van der Waals surface area (Å²) in [6.45, 7) is 1.85. The van der Waals surface area contributed by atoms with E-state index in [1.165, 1.54) is 11.3 Å². The third-order valence-corrected chi connectivity index (χ3v) is 3.07. The Balaban J connectivity index is 2.37. The SMILES string of the molecule is Cc1cscc1C(O)CCCC(F)(F)F. The second kappa shape index (κ2) is 4.99. The molecule has 0 fully saturated rings. The molecule has 0 saturated heterocycles. The number of aliphatic hydroxyl groups excluding tert-OH is 1. The number of hydrogen-bond acceptors (Lipinski definition) is 2. The number of hydrogen-bond donors (Lipinski definition) is 1. The lowest BCUT2D eigenvalue weighted by Gasteiger charge is -2.11. The van der Waals surface area contributed by atoms with Crippen LogP contribution < -0.4 is 0 Å². The van der Waals surface area contributed by atoms with Gasteiger partial charge in [0.05, 0.1) is 6.10 Å². The number of thiophene rings is 1. The highest BCUT2D eigenvalue weighted by Crippen LogP contribution is 2.28. The van der Waals surface area contributed by atoms with E-state index in [1.54, 1.807) is 5.38 Å². The van der Waals surface area contributed by atoms with Crippen LogP contribution in [0.3, 0.4) is 0 Å². The standard InChI is InChI=1S/C10H13F3OS/c1-7-5-15-6-8(7)9(14)3-2-4-10(11,12)13/h5-6,9,14H,2-4H2,1H3. The predicted octanol–water partition coefficient (Wildman–Crippen LogP) is 3.82. The first-order valence-corrected chi connectivity index (χ1v) is 5.62. The fourth-order valence-electron chi connectivity index (χ4n) is 1.36. The quantitative estimate of drug-likeness (QED) is 0.845. The van der Waals surface area contributed by atoms with E-state index in [0.717, 1.165) is 11.1 Å². The Morgan fingerprint density at radius 2 is 2.07 bits per heavy atom. The second-order valence-corrected chi connectivity index (χ2v) is 4.28. The van der Waals surface area contributed by atoms with Gasteiger partial charge in [0.15, 0.2) is 0 Å². The van der Waals surface area contributed by atoms with E-state index in [2.05, 4.69) is 0 Å². The largest absolute Gasteiger partial charge is 0.389 e. The van der Waals surface area contributed by atoms with Gasteiger partial charge in [-0.1, -0.05) is 0 Å². The number of aliphatic hydroxyl groups is 1. The topological polar surface area (TPSA) is 20.2 Å². The van der Waals surface area contributed by atoms with Crippen molar-refractivity contribution in [2.75, 3.05) is 0 Å². The van der Waals surface area contributed by atoms with Gasteiger partial charge < -0.3 is 5.11 Å². The maximum absolute atomic E-state index is 11.8. The van der Waals surface area contributed by atoms with Gasteiger partial charge in [-0.25, -0.2) is 0 Å². The van der Waals surface area contributed by atoms with E-state index < -0.39 is 18.7 Å². The van der Waals surface area contributed by atoms with Crippen LogP contribution in [0.4, 0.5) is 13.2 Å². The molecule has 0 saturated carbocycles. The average molecular weight is 238 g/mol. The molecule has 0 bridgehead atoms. The minimum absolute atomic E-state index is 0.0278. The zero-order valence-electron chi connectivity index (χ0n) is 8.34. The zero-order chi connectivity index (χ0) is 11.5. The molecule has 0 amide bonds. The first-order chi connectivity index (χ1) is 6.90. The van der Waals surface area contributed by atoms with E-state index in [9.17, 15) is 18.3 Å². The smallest absolute Gasteiger partial charge is 0.388 e. The van der Waals surface area contributed by atoms with Crippen LogP contribution in [0, 0.1) is 6.92 Å². The first kappa shape index (κ1) is 12.5. The molecule has 0 spiro atoms. The highest BCUT2D eigenvalue weighted by atomic mass is 32.1. The Labute approximate surface area is 90.6 Å². The molecule has 15 heavy (non-hydrogen) atoms. The molecule has 0 aliphatic heterocycles. The van der Waals surface area contributed by atoms with Crippen molar-refractivity contribution in [2.24, 2.45) is 0 Å². The second-order valence-electron chi connectivity index (χ2n) is 3.53. The summed E-state index contributed by atoms with van der Waals surface area (Å²) in [4.78, 5) is 0. The molecule has 1 N–H and O–H groups in total. The average Bonchev–Trinajstić information content (AvgIpc) is 2.48. The van der Waals surface area contributed by atoms with Crippen molar-refractivity contribution in [2.45, 2.75) is 38.5 Å². The summed E-state index contributed by atoms with van der Waals surface area (Å²) < 4.78 is 35.5. The molecular formula is C10H13F3OS. The van der Waals surface area contributed by atoms with Gasteiger partial charge >= 0.3 is 6.18 Å². The maximum Gasteiger partial charge on any atom is 0.389 e. The summed E-state index contributed by atoms with van der Waals surface area (Å²) in [7, 11) is 0. The highest BCUT2D eigenvalue weighted by Gasteiger charge is 2.26. The fraction of sp³-hybridized carbons (Fsp3) is 0.600. The summed E-state index contributed by atoms with van der Waals surface area (Å²) in [5.74, 6) is 0. The Morgan fingerprint density at radius 3 is 2.53 bits per heavy atom. The van der Waals surface area contributed by atoms with E-state index in [4.69, 9.17) is 0 Å². The molecule has 1 nitrogen and oxygen atoms in total. The van der Waals surface area contributed by atoms with Crippen molar-refractivity contribution in [3.8, 4) is 0 Å². The molecule has 1 rings (SSSR count). The Kier molecular flexibility index (Phi) is 4.16. The van der Waals surface area contributed by atoms with Crippen molar-refractivity contribution in [1.29, 1.82) is 0 Å². The molecule has 0 aliphatic rings. The molecular weight excluding hydrogens is 225 g/mol. The minimum Gasteiger partial charge on any atom is -0.388 e. The van der Waals surface area contributed by atoms with Gasteiger partial charge in [0.25, 0.3) is 0 Å². The van der Waals surface area contributed by atoms with Gasteiger partial charge in [-0.3, -0.25) is 0 Å². The molecule has 0 aliphatic carbocycles. The van der Waals surface area contributed by atoms with E-state index >= 15 is 0 Å². The lowest BCUT2D eigenvalue weighted by atomic mass is 10.0. The Hall–Kier alpha value is -0.550. The first-order valence-electron chi connectivity index (χ1n) is 4.67. The number of alkyl halides is 3. The van der Waals surface area contributed by atoms with Crippen molar-refractivity contribution in [1.82, 2.24) is 0 Å². The summed E-state index contributed by atoms with van der Waals surface area (Å²) in [6.07, 6.45) is -5.58. The molecule has 1 heterocycles. The lowest BCUT2D eigenvalue weighted by molar-refractivity contribution is -0.136. The molecule has 0 aromatic carbocycles. The van der Waals surface area contributed by atoms with E-state index in [1.807, 2.05) is 12.3 Å². The lowest BCUT2D eigenvalue weighted by Crippen LogP contribution is -2.08. The monoisotopic (exact) mass is 238 g/mol. The molecule has 1 unspecified atom stereocenters. The Bertz CT molecular complexity index is 306. The number of halogens is 3. The van der Waals surface area contributed by atoms with Gasteiger partial charge in [-0.15, -0.1) is 0 Å². The van der Waals surface area contributed by atoms with Crippen molar-refractivity contribution in [3.63, 3.8) is 0 Å². The zero-order valence-corrected chi connectivity index (χ0v) is 9.16. The molecule has 1 aromatic heterocycles. The molecule has 1 atom stereocenters. The van der Waals surface area contributed by atoms with Crippen LogP contribution in [0.2, 0.25) is 0 Å². The highest BCUT2D eigenvalue weighted by molar-refractivity contribution is 7.08. The molecule has 86 valence electrons. The van der Waals surface area contributed by atoms with Crippen LogP contribution in [0.15, 0.2) is 10.8 Å². The molecule has 1 aromatic rings. The van der Waals surface area contributed by atoms with Gasteiger partial charge in [0.1, 0.15) is 0 Å². The van der Waals surface area contributed by atoms with Crippen molar-refractivity contribution in [3.05, 3.63) is 21.9 Å². The predicted molar refractivity (Wildman–Crippen MR) is 53.9 cm³/mol. The van der Waals surface area contributed by atoms with Crippen molar-refractivity contribution >= 4 is 11.3 Å². The Morgan fingerprint density at radius 1 is 1.40 bits per heavy atom. The normalized spacial score (nSPS) is 14.2. The van der Waals surface area contributed by atoms with Crippen LogP contribution >= 0.6 is 11.3 Å². The minimum atomic E-state index is -4.12. The van der Waals surface area contributed by atoms with Gasteiger partial charge in [-0.2, -0.15) is 24.5 Å². The van der Waals surface area contributed by atoms with Crippen LogP contribution in [-0.4, -0.2) is 11.3 Å². The maximum atomic E-state index is 11.8. The van der Waals surface area contributed by atoms with Crippen LogP contribution in [0.25, 0.3) is 0 Å². The van der Waals surface area contributed by atoms with E-state index in [-0.39, 0.29) is 12.8 Å². The number of rotatable bonds is 4. The summed E-state index contributed by atoms with van der Waals surface area (Å²) >= 11 is 1.45. The van der Waals surface area contributed by atoms with Crippen LogP contribution in [0.5, 0.6) is 0 Å². The van der Waals surface area contributed by atoms with Gasteiger partial charge in [0, 0.05) is 6.42 Å². The third kappa shape index (κ3) is 4.22. The molecule has 5 heteroatoms. The summed E-state index contributed by atoms with van der Waals surface area (Å²) in [5, 5.41) is 13.3. The summed E-state index contributed by atoms with van der Waals surface area (Å²) in [5.41, 5.74) is 1.70. The number of aryl methyl sites for hydroxylation is 1. The fourth-order valence-corrected chi connectivity index (χ4v) is 2.26. The van der Waals surface area contributed by atoms with Gasteiger partial charge in [-0.05, 0) is 41.7 Å².